The quantitative estimate of drug-likeness (QED) is 0.678. The lowest BCUT2D eigenvalue weighted by Crippen LogP contribution is -2.43. The van der Waals surface area contributed by atoms with Gasteiger partial charge in [-0.15, -0.1) is 0 Å². The molecular formula is C20H18BrN3O4S. The third kappa shape index (κ3) is 5.24. The SMILES string of the molecule is COC(=O)c1ccc(N=C2S[C@H](C(=O)Nc3ccc(Br)cc3)CC(=O)N2C)cc1. The minimum absolute atomic E-state index is 0.0871. The van der Waals surface area contributed by atoms with Crippen molar-refractivity contribution in [2.24, 2.45) is 4.99 Å². The van der Waals surface area contributed by atoms with E-state index in [1.165, 1.54) is 23.8 Å². The van der Waals surface area contributed by atoms with Crippen molar-refractivity contribution in [2.45, 2.75) is 11.7 Å². The molecule has 1 atom stereocenters. The fraction of sp³-hybridized carbons (Fsp3) is 0.200. The first-order valence-electron chi connectivity index (χ1n) is 8.64. The molecular weight excluding hydrogens is 458 g/mol. The van der Waals surface area contributed by atoms with Crippen LogP contribution in [0.3, 0.4) is 0 Å². The fourth-order valence-electron chi connectivity index (χ4n) is 2.55. The van der Waals surface area contributed by atoms with E-state index in [0.29, 0.717) is 22.1 Å². The zero-order chi connectivity index (χ0) is 21.0. The number of aliphatic imine (C=N–C) groups is 1. The maximum atomic E-state index is 12.6. The molecule has 1 saturated heterocycles. The van der Waals surface area contributed by atoms with Crippen LogP contribution in [0.5, 0.6) is 0 Å². The molecule has 0 spiro atoms. The van der Waals surface area contributed by atoms with E-state index < -0.39 is 11.2 Å². The number of hydrogen-bond donors (Lipinski definition) is 1. The Hall–Kier alpha value is -2.65. The Bertz CT molecular complexity index is 961. The van der Waals surface area contributed by atoms with Crippen LogP contribution < -0.4 is 5.32 Å². The first-order chi connectivity index (χ1) is 13.9. The van der Waals surface area contributed by atoms with Crippen molar-refractivity contribution >= 4 is 62.0 Å². The minimum atomic E-state index is -0.588. The summed E-state index contributed by atoms with van der Waals surface area (Å²) in [5.41, 5.74) is 1.62. The summed E-state index contributed by atoms with van der Waals surface area (Å²) in [6, 6.07) is 13.7. The molecule has 2 aromatic rings. The largest absolute Gasteiger partial charge is 0.465 e. The number of nitrogens with one attached hydrogen (secondary N) is 1. The highest BCUT2D eigenvalue weighted by molar-refractivity contribution is 9.10. The summed E-state index contributed by atoms with van der Waals surface area (Å²) in [5, 5.41) is 2.66. The van der Waals surface area contributed by atoms with Gasteiger partial charge in [-0.05, 0) is 48.5 Å². The summed E-state index contributed by atoms with van der Waals surface area (Å²) in [6.45, 7) is 0. The van der Waals surface area contributed by atoms with Gasteiger partial charge in [-0.25, -0.2) is 9.79 Å². The van der Waals surface area contributed by atoms with Crippen LogP contribution in [0.1, 0.15) is 16.8 Å². The number of benzene rings is 2. The average Bonchev–Trinajstić information content (AvgIpc) is 2.72. The van der Waals surface area contributed by atoms with Crippen molar-refractivity contribution in [2.75, 3.05) is 19.5 Å². The van der Waals surface area contributed by atoms with E-state index in [9.17, 15) is 14.4 Å². The molecule has 1 N–H and O–H groups in total. The smallest absolute Gasteiger partial charge is 0.337 e. The molecule has 1 aliphatic heterocycles. The molecule has 1 aliphatic rings. The van der Waals surface area contributed by atoms with Gasteiger partial charge in [-0.3, -0.25) is 14.5 Å². The van der Waals surface area contributed by atoms with Crippen LogP contribution in [-0.2, 0) is 14.3 Å². The molecule has 0 radical (unpaired) electrons. The van der Waals surface area contributed by atoms with Gasteiger partial charge < -0.3 is 10.1 Å². The topological polar surface area (TPSA) is 88.1 Å². The summed E-state index contributed by atoms with van der Waals surface area (Å²) < 4.78 is 5.58. The maximum Gasteiger partial charge on any atom is 0.337 e. The van der Waals surface area contributed by atoms with Crippen molar-refractivity contribution < 1.29 is 19.1 Å². The molecule has 0 saturated carbocycles. The Morgan fingerprint density at radius 3 is 2.45 bits per heavy atom. The second kappa shape index (κ2) is 9.23. The van der Waals surface area contributed by atoms with Crippen LogP contribution in [-0.4, -0.2) is 47.3 Å². The second-order valence-corrected chi connectivity index (χ2v) is 8.28. The van der Waals surface area contributed by atoms with Gasteiger partial charge in [-0.1, -0.05) is 27.7 Å². The highest BCUT2D eigenvalue weighted by Crippen LogP contribution is 2.29. The number of methoxy groups -OCH3 is 1. The molecule has 29 heavy (non-hydrogen) atoms. The summed E-state index contributed by atoms with van der Waals surface area (Å²) in [4.78, 5) is 42.4. The number of hydrogen-bond acceptors (Lipinski definition) is 6. The predicted octanol–water partition coefficient (Wildman–Crippen LogP) is 3.83. The lowest BCUT2D eigenvalue weighted by atomic mass is 10.2. The molecule has 7 nitrogen and oxygen atoms in total. The molecule has 2 aromatic carbocycles. The van der Waals surface area contributed by atoms with Gasteiger partial charge in [0.1, 0.15) is 5.25 Å². The number of esters is 1. The Kier molecular flexibility index (Phi) is 6.71. The number of amidine groups is 1. The number of halogens is 1. The zero-order valence-electron chi connectivity index (χ0n) is 15.7. The van der Waals surface area contributed by atoms with E-state index in [4.69, 9.17) is 0 Å². The van der Waals surface area contributed by atoms with E-state index in [1.807, 2.05) is 12.1 Å². The number of thioether (sulfide) groups is 1. The van der Waals surface area contributed by atoms with Crippen molar-refractivity contribution in [1.29, 1.82) is 0 Å². The monoisotopic (exact) mass is 475 g/mol. The van der Waals surface area contributed by atoms with E-state index in [0.717, 1.165) is 4.47 Å². The number of rotatable bonds is 4. The molecule has 150 valence electrons. The van der Waals surface area contributed by atoms with Gasteiger partial charge in [0.05, 0.1) is 18.4 Å². The standard InChI is InChI=1S/C20H18BrN3O4S/c1-24-17(25)11-16(18(26)22-14-9-5-13(21)6-10-14)29-20(24)23-15-7-3-12(4-8-15)19(27)28-2/h3-10,16H,11H2,1-2H3,(H,22,26)/t16-/m0/s1. The van der Waals surface area contributed by atoms with Crippen LogP contribution in [0, 0.1) is 0 Å². The first-order valence-corrected chi connectivity index (χ1v) is 10.3. The molecule has 1 fully saturated rings. The minimum Gasteiger partial charge on any atom is -0.465 e. The van der Waals surface area contributed by atoms with Crippen molar-refractivity contribution in [3.05, 3.63) is 58.6 Å². The van der Waals surface area contributed by atoms with Crippen LogP contribution in [0.25, 0.3) is 0 Å². The molecule has 0 unspecified atom stereocenters. The number of amides is 2. The van der Waals surface area contributed by atoms with Gasteiger partial charge in [0.25, 0.3) is 0 Å². The van der Waals surface area contributed by atoms with Gasteiger partial charge in [-0.2, -0.15) is 0 Å². The second-order valence-electron chi connectivity index (χ2n) is 6.19. The predicted molar refractivity (Wildman–Crippen MR) is 116 cm³/mol. The Balaban J connectivity index is 1.75. The van der Waals surface area contributed by atoms with Gasteiger partial charge in [0, 0.05) is 23.6 Å². The Morgan fingerprint density at radius 1 is 1.17 bits per heavy atom. The molecule has 0 bridgehead atoms. The molecule has 3 rings (SSSR count). The Labute approximate surface area is 180 Å². The average molecular weight is 476 g/mol. The Morgan fingerprint density at radius 2 is 1.83 bits per heavy atom. The number of carbonyl (C=O) groups is 3. The van der Waals surface area contributed by atoms with Crippen molar-refractivity contribution in [3.8, 4) is 0 Å². The highest BCUT2D eigenvalue weighted by atomic mass is 79.9. The van der Waals surface area contributed by atoms with E-state index in [1.54, 1.807) is 43.4 Å². The third-order valence-electron chi connectivity index (χ3n) is 4.19. The lowest BCUT2D eigenvalue weighted by Gasteiger charge is -2.28. The van der Waals surface area contributed by atoms with Crippen LogP contribution in [0.15, 0.2) is 58.0 Å². The van der Waals surface area contributed by atoms with Crippen molar-refractivity contribution in [3.63, 3.8) is 0 Å². The van der Waals surface area contributed by atoms with E-state index in [-0.39, 0.29) is 18.2 Å². The summed E-state index contributed by atoms with van der Waals surface area (Å²) in [7, 11) is 2.94. The number of nitrogens with zero attached hydrogens (tertiary/aromatic N) is 2. The first kappa shape index (κ1) is 21.1. The van der Waals surface area contributed by atoms with Gasteiger partial charge >= 0.3 is 5.97 Å². The zero-order valence-corrected chi connectivity index (χ0v) is 18.1. The molecule has 1 heterocycles. The summed E-state index contributed by atoms with van der Waals surface area (Å²) >= 11 is 4.58. The van der Waals surface area contributed by atoms with Crippen LogP contribution in [0.4, 0.5) is 11.4 Å². The van der Waals surface area contributed by atoms with Gasteiger partial charge in [0.2, 0.25) is 11.8 Å². The van der Waals surface area contributed by atoms with Crippen LogP contribution in [0.2, 0.25) is 0 Å². The molecule has 0 aliphatic carbocycles. The summed E-state index contributed by atoms with van der Waals surface area (Å²) in [6.07, 6.45) is 0.0871. The van der Waals surface area contributed by atoms with Crippen molar-refractivity contribution in [1.82, 2.24) is 4.90 Å². The normalized spacial score (nSPS) is 17.9. The molecule has 9 heteroatoms. The number of ether oxygens (including phenoxy) is 1. The fourth-order valence-corrected chi connectivity index (χ4v) is 3.88. The number of carbonyl (C=O) groups excluding carboxylic acids is 3. The lowest BCUT2D eigenvalue weighted by molar-refractivity contribution is -0.128. The molecule has 2 amide bonds. The number of anilines is 1. The highest BCUT2D eigenvalue weighted by Gasteiger charge is 2.34. The van der Waals surface area contributed by atoms with Crippen LogP contribution >= 0.6 is 27.7 Å². The van der Waals surface area contributed by atoms with Gasteiger partial charge in [0.15, 0.2) is 5.17 Å². The van der Waals surface area contributed by atoms with E-state index >= 15 is 0 Å². The molecule has 0 aromatic heterocycles. The summed E-state index contributed by atoms with van der Waals surface area (Å²) in [5.74, 6) is -0.884. The third-order valence-corrected chi connectivity index (χ3v) is 5.96. The maximum absolute atomic E-state index is 12.6. The van der Waals surface area contributed by atoms with E-state index in [2.05, 4.69) is 31.0 Å².